The van der Waals surface area contributed by atoms with Gasteiger partial charge in [0.25, 0.3) is 0 Å². The van der Waals surface area contributed by atoms with E-state index in [0.29, 0.717) is 0 Å². The molecule has 0 radical (unpaired) electrons. The van der Waals surface area contributed by atoms with Crippen LogP contribution < -0.4 is 0 Å². The number of hydrogen-bond donors (Lipinski definition) is 1. The van der Waals surface area contributed by atoms with Gasteiger partial charge < -0.3 is 9.84 Å². The summed E-state index contributed by atoms with van der Waals surface area (Å²) in [6.07, 6.45) is 1.83. The largest absolute Gasteiger partial charge is 0.452 e. The maximum Gasteiger partial charge on any atom is 0.331 e. The molecule has 50 valence electrons. The number of ether oxygens (including phenoxy) is 1. The van der Waals surface area contributed by atoms with Gasteiger partial charge in [-0.05, 0) is 13.0 Å². The average molecular weight is 128 g/mol. The number of cyclic esters (lactones) is 1. The van der Waals surface area contributed by atoms with Gasteiger partial charge in [0.15, 0.2) is 0 Å². The lowest BCUT2D eigenvalue weighted by Crippen LogP contribution is -2.21. The van der Waals surface area contributed by atoms with Crippen molar-refractivity contribution in [1.82, 2.24) is 0 Å². The van der Waals surface area contributed by atoms with E-state index in [4.69, 9.17) is 5.11 Å². The fourth-order valence-electron chi connectivity index (χ4n) is 0.645. The normalized spacial score (nSPS) is 28.2. The molecule has 0 fully saturated rings. The van der Waals surface area contributed by atoms with Crippen LogP contribution in [-0.4, -0.2) is 23.3 Å². The molecule has 1 aliphatic rings. The minimum absolute atomic E-state index is 0.374. The van der Waals surface area contributed by atoms with Crippen molar-refractivity contribution >= 4 is 5.97 Å². The third kappa shape index (κ3) is 1.29. The summed E-state index contributed by atoms with van der Waals surface area (Å²) in [5.74, 6) is -0.374. The van der Waals surface area contributed by atoms with Crippen LogP contribution in [0, 0.1) is 0 Å². The molecule has 1 rings (SSSR count). The summed E-state index contributed by atoms with van der Waals surface area (Å²) in [5, 5.41) is 8.84. The summed E-state index contributed by atoms with van der Waals surface area (Å²) >= 11 is 0. The zero-order chi connectivity index (χ0) is 6.85. The average Bonchev–Trinajstić information content (AvgIpc) is 2.14. The molecular weight excluding hydrogens is 120 g/mol. The zero-order valence-electron chi connectivity index (χ0n) is 5.07. The van der Waals surface area contributed by atoms with Gasteiger partial charge in [0.1, 0.15) is 6.10 Å². The van der Waals surface area contributed by atoms with Gasteiger partial charge in [-0.25, -0.2) is 4.79 Å². The van der Waals surface area contributed by atoms with Crippen molar-refractivity contribution in [2.24, 2.45) is 0 Å². The first-order valence-corrected chi connectivity index (χ1v) is 2.77. The minimum atomic E-state index is -0.604. The quantitative estimate of drug-likeness (QED) is 0.499. The molecule has 9 heavy (non-hydrogen) atoms. The van der Waals surface area contributed by atoms with Gasteiger partial charge in [0.2, 0.25) is 0 Å². The Morgan fingerprint density at radius 2 is 2.56 bits per heavy atom. The lowest BCUT2D eigenvalue weighted by molar-refractivity contribution is -0.142. The molecule has 0 amide bonds. The van der Waals surface area contributed by atoms with E-state index in [-0.39, 0.29) is 5.97 Å². The number of aliphatic hydroxyl groups is 1. The van der Waals surface area contributed by atoms with Crippen LogP contribution in [0.3, 0.4) is 0 Å². The van der Waals surface area contributed by atoms with Crippen LogP contribution in [0.15, 0.2) is 12.2 Å². The highest BCUT2D eigenvalue weighted by atomic mass is 16.6. The molecule has 1 heterocycles. The van der Waals surface area contributed by atoms with Crippen molar-refractivity contribution in [2.75, 3.05) is 0 Å². The van der Waals surface area contributed by atoms with Gasteiger partial charge in [0.05, 0.1) is 6.10 Å². The monoisotopic (exact) mass is 128 g/mol. The topological polar surface area (TPSA) is 46.5 Å². The molecule has 3 nitrogen and oxygen atoms in total. The van der Waals surface area contributed by atoms with Crippen molar-refractivity contribution in [1.29, 1.82) is 0 Å². The second-order valence-corrected chi connectivity index (χ2v) is 2.00. The maximum atomic E-state index is 10.3. The van der Waals surface area contributed by atoms with E-state index in [9.17, 15) is 4.79 Å². The van der Waals surface area contributed by atoms with Gasteiger partial charge in [-0.3, -0.25) is 0 Å². The molecule has 0 aliphatic carbocycles. The smallest absolute Gasteiger partial charge is 0.331 e. The van der Waals surface area contributed by atoms with Gasteiger partial charge in [-0.15, -0.1) is 0 Å². The first-order chi connectivity index (χ1) is 4.20. The molecule has 0 spiro atoms. The van der Waals surface area contributed by atoms with Crippen LogP contribution in [0.2, 0.25) is 0 Å². The lowest BCUT2D eigenvalue weighted by Gasteiger charge is -2.09. The Morgan fingerprint density at radius 1 is 1.89 bits per heavy atom. The number of carbonyl (C=O) groups excluding carboxylic acids is 1. The molecule has 2 atom stereocenters. The van der Waals surface area contributed by atoms with Crippen LogP contribution >= 0.6 is 0 Å². The Kier molecular flexibility index (Phi) is 1.53. The van der Waals surface area contributed by atoms with E-state index in [1.165, 1.54) is 6.08 Å². The number of aliphatic hydroxyl groups excluding tert-OH is 1. The molecular formula is C6H8O3. The third-order valence-corrected chi connectivity index (χ3v) is 1.15. The van der Waals surface area contributed by atoms with E-state index in [2.05, 4.69) is 4.74 Å². The first kappa shape index (κ1) is 6.29. The van der Waals surface area contributed by atoms with E-state index in [1.807, 2.05) is 0 Å². The van der Waals surface area contributed by atoms with Gasteiger partial charge in [-0.1, -0.05) is 0 Å². The van der Waals surface area contributed by atoms with Gasteiger partial charge in [-0.2, -0.15) is 0 Å². The fraction of sp³-hybridized carbons (Fsp3) is 0.500. The summed E-state index contributed by atoms with van der Waals surface area (Å²) in [6, 6.07) is 0. The molecule has 0 saturated carbocycles. The summed E-state index contributed by atoms with van der Waals surface area (Å²) in [5.41, 5.74) is 0. The Balaban J connectivity index is 2.50. The molecule has 1 N–H and O–H groups in total. The Labute approximate surface area is 52.9 Å². The fourth-order valence-corrected chi connectivity index (χ4v) is 0.645. The van der Waals surface area contributed by atoms with Crippen LogP contribution in [0.25, 0.3) is 0 Å². The van der Waals surface area contributed by atoms with Crippen LogP contribution in [0.1, 0.15) is 6.92 Å². The second kappa shape index (κ2) is 2.19. The number of rotatable bonds is 1. The predicted molar refractivity (Wildman–Crippen MR) is 30.7 cm³/mol. The highest BCUT2D eigenvalue weighted by Gasteiger charge is 2.20. The number of esters is 1. The molecule has 0 saturated heterocycles. The molecule has 1 aliphatic heterocycles. The third-order valence-electron chi connectivity index (χ3n) is 1.15. The van der Waals surface area contributed by atoms with E-state index < -0.39 is 12.2 Å². The molecule has 0 aromatic rings. The van der Waals surface area contributed by atoms with Crippen LogP contribution in [0.4, 0.5) is 0 Å². The van der Waals surface area contributed by atoms with Crippen LogP contribution in [-0.2, 0) is 9.53 Å². The second-order valence-electron chi connectivity index (χ2n) is 2.00. The highest BCUT2D eigenvalue weighted by molar-refractivity contribution is 5.84. The highest BCUT2D eigenvalue weighted by Crippen LogP contribution is 2.08. The molecule has 0 aromatic heterocycles. The molecule has 0 bridgehead atoms. The van der Waals surface area contributed by atoms with Gasteiger partial charge in [0, 0.05) is 6.08 Å². The first-order valence-electron chi connectivity index (χ1n) is 2.77. The van der Waals surface area contributed by atoms with Crippen molar-refractivity contribution in [3.63, 3.8) is 0 Å². The van der Waals surface area contributed by atoms with Crippen molar-refractivity contribution in [3.8, 4) is 0 Å². The predicted octanol–water partition coefficient (Wildman–Crippen LogP) is -0.151. The van der Waals surface area contributed by atoms with E-state index in [0.717, 1.165) is 0 Å². The van der Waals surface area contributed by atoms with Crippen molar-refractivity contribution in [2.45, 2.75) is 19.1 Å². The summed E-state index contributed by atoms with van der Waals surface area (Å²) in [6.45, 7) is 1.58. The summed E-state index contributed by atoms with van der Waals surface area (Å²) < 4.78 is 4.62. The molecule has 0 unspecified atom stereocenters. The maximum absolute atomic E-state index is 10.3. The number of hydrogen-bond acceptors (Lipinski definition) is 3. The van der Waals surface area contributed by atoms with Crippen LogP contribution in [0.5, 0.6) is 0 Å². The minimum Gasteiger partial charge on any atom is -0.452 e. The Hall–Kier alpha value is -0.830. The van der Waals surface area contributed by atoms with Gasteiger partial charge >= 0.3 is 5.97 Å². The summed E-state index contributed by atoms with van der Waals surface area (Å²) in [4.78, 5) is 10.3. The van der Waals surface area contributed by atoms with Crippen molar-refractivity contribution in [3.05, 3.63) is 12.2 Å². The SMILES string of the molecule is C[C@H](O)[C@H]1C=CC(=O)O1. The Morgan fingerprint density at radius 3 is 2.78 bits per heavy atom. The standard InChI is InChI=1S/C6H8O3/c1-4(7)5-2-3-6(8)9-5/h2-5,7H,1H3/t4-,5+/m0/s1. The zero-order valence-corrected chi connectivity index (χ0v) is 5.07. The Bertz CT molecular complexity index is 148. The summed E-state index contributed by atoms with van der Waals surface area (Å²) in [7, 11) is 0. The number of carbonyl (C=O) groups is 1. The van der Waals surface area contributed by atoms with E-state index in [1.54, 1.807) is 13.0 Å². The molecule has 0 aromatic carbocycles. The molecule has 3 heteroatoms. The van der Waals surface area contributed by atoms with Crippen molar-refractivity contribution < 1.29 is 14.6 Å². The lowest BCUT2D eigenvalue weighted by atomic mass is 10.2. The van der Waals surface area contributed by atoms with E-state index >= 15 is 0 Å².